The molecule has 2 aromatic carbocycles. The molecule has 0 aliphatic carbocycles. The SMILES string of the molecule is CNCCNCc1cccc(-n2nc(C(F)(F)F)cc2OCCc2ccccc2OC)c1. The van der Waals surface area contributed by atoms with Gasteiger partial charge in [0.05, 0.1) is 19.4 Å². The van der Waals surface area contributed by atoms with Crippen LogP contribution in [0.2, 0.25) is 0 Å². The number of alkyl halides is 3. The van der Waals surface area contributed by atoms with Crippen LogP contribution in [0, 0.1) is 0 Å². The Balaban J connectivity index is 1.79. The molecular weight excluding hydrogens is 421 g/mol. The number of halogens is 3. The summed E-state index contributed by atoms with van der Waals surface area (Å²) in [5, 5.41) is 10.1. The van der Waals surface area contributed by atoms with Gasteiger partial charge in [-0.25, -0.2) is 4.68 Å². The van der Waals surface area contributed by atoms with Crippen LogP contribution in [0.15, 0.2) is 54.6 Å². The second-order valence-corrected chi connectivity index (χ2v) is 7.14. The third-order valence-electron chi connectivity index (χ3n) is 4.82. The lowest BCUT2D eigenvalue weighted by Crippen LogP contribution is -2.24. The summed E-state index contributed by atoms with van der Waals surface area (Å²) in [7, 11) is 3.44. The number of nitrogens with zero attached hydrogens (tertiary/aromatic N) is 2. The Kier molecular flexibility index (Phi) is 8.13. The third kappa shape index (κ3) is 6.24. The van der Waals surface area contributed by atoms with E-state index in [-0.39, 0.29) is 12.5 Å². The highest BCUT2D eigenvalue weighted by Gasteiger charge is 2.35. The van der Waals surface area contributed by atoms with Crippen molar-refractivity contribution in [3.05, 3.63) is 71.4 Å². The standard InChI is InChI=1S/C23H27F3N4O2/c1-27-11-12-28-16-17-6-5-8-19(14-17)30-22(15-21(29-30)23(24,25)26)32-13-10-18-7-3-4-9-20(18)31-2/h3-9,14-15,27-28H,10-13,16H2,1-2H3. The minimum absolute atomic E-state index is 0.0347. The fourth-order valence-corrected chi connectivity index (χ4v) is 3.21. The predicted molar refractivity (Wildman–Crippen MR) is 116 cm³/mol. The number of para-hydroxylation sites is 1. The molecule has 0 bridgehead atoms. The molecular formula is C23H27F3N4O2. The van der Waals surface area contributed by atoms with Crippen LogP contribution < -0.4 is 20.1 Å². The van der Waals surface area contributed by atoms with Gasteiger partial charge < -0.3 is 20.1 Å². The van der Waals surface area contributed by atoms with Gasteiger partial charge in [-0.3, -0.25) is 0 Å². The monoisotopic (exact) mass is 448 g/mol. The quantitative estimate of drug-likeness (QED) is 0.437. The van der Waals surface area contributed by atoms with Gasteiger partial charge in [0.25, 0.3) is 0 Å². The second-order valence-electron chi connectivity index (χ2n) is 7.14. The molecule has 172 valence electrons. The smallest absolute Gasteiger partial charge is 0.435 e. The Labute approximate surface area is 185 Å². The summed E-state index contributed by atoms with van der Waals surface area (Å²) < 4.78 is 52.3. The summed E-state index contributed by atoms with van der Waals surface area (Å²) in [5.41, 5.74) is 1.34. The van der Waals surface area contributed by atoms with Gasteiger partial charge >= 0.3 is 6.18 Å². The molecule has 0 unspecified atom stereocenters. The summed E-state index contributed by atoms with van der Waals surface area (Å²) in [5.74, 6) is 0.742. The highest BCUT2D eigenvalue weighted by molar-refractivity contribution is 5.39. The van der Waals surface area contributed by atoms with Crippen LogP contribution in [0.4, 0.5) is 13.2 Å². The van der Waals surface area contributed by atoms with Gasteiger partial charge in [0.2, 0.25) is 5.88 Å². The van der Waals surface area contributed by atoms with Gasteiger partial charge in [0, 0.05) is 32.1 Å². The Morgan fingerprint density at radius 3 is 2.59 bits per heavy atom. The van der Waals surface area contributed by atoms with E-state index in [4.69, 9.17) is 9.47 Å². The number of hydrogen-bond acceptors (Lipinski definition) is 5. The van der Waals surface area contributed by atoms with Crippen LogP contribution in [0.1, 0.15) is 16.8 Å². The van der Waals surface area contributed by atoms with Crippen molar-refractivity contribution in [2.24, 2.45) is 0 Å². The molecule has 0 aliphatic rings. The topological polar surface area (TPSA) is 60.3 Å². The molecule has 0 spiro atoms. The molecule has 32 heavy (non-hydrogen) atoms. The first-order valence-corrected chi connectivity index (χ1v) is 10.3. The molecule has 0 saturated heterocycles. The van der Waals surface area contributed by atoms with Crippen LogP contribution in [-0.4, -0.2) is 43.6 Å². The first-order chi connectivity index (χ1) is 15.4. The lowest BCUT2D eigenvalue weighted by atomic mass is 10.1. The maximum Gasteiger partial charge on any atom is 0.435 e. The van der Waals surface area contributed by atoms with Crippen molar-refractivity contribution in [1.29, 1.82) is 0 Å². The molecule has 1 aromatic heterocycles. The van der Waals surface area contributed by atoms with E-state index in [0.717, 1.165) is 30.3 Å². The van der Waals surface area contributed by atoms with Gasteiger partial charge in [-0.2, -0.15) is 18.3 Å². The van der Waals surface area contributed by atoms with Crippen molar-refractivity contribution in [1.82, 2.24) is 20.4 Å². The summed E-state index contributed by atoms with van der Waals surface area (Å²) >= 11 is 0. The third-order valence-corrected chi connectivity index (χ3v) is 4.82. The number of rotatable bonds is 11. The highest BCUT2D eigenvalue weighted by atomic mass is 19.4. The van der Waals surface area contributed by atoms with Gasteiger partial charge in [0.15, 0.2) is 5.69 Å². The number of nitrogens with one attached hydrogen (secondary N) is 2. The molecule has 3 rings (SSSR count). The number of ether oxygens (including phenoxy) is 2. The molecule has 0 radical (unpaired) electrons. The van der Waals surface area contributed by atoms with Crippen molar-refractivity contribution in [2.45, 2.75) is 19.1 Å². The maximum atomic E-state index is 13.3. The van der Waals surface area contributed by atoms with E-state index in [1.807, 2.05) is 37.4 Å². The fraction of sp³-hybridized carbons (Fsp3) is 0.348. The van der Waals surface area contributed by atoms with E-state index < -0.39 is 11.9 Å². The van der Waals surface area contributed by atoms with Gasteiger partial charge in [-0.1, -0.05) is 30.3 Å². The molecule has 0 aliphatic heterocycles. The normalized spacial score (nSPS) is 11.5. The maximum absolute atomic E-state index is 13.3. The van der Waals surface area contributed by atoms with Crippen molar-refractivity contribution in [3.63, 3.8) is 0 Å². The van der Waals surface area contributed by atoms with Crippen LogP contribution in [0.3, 0.4) is 0 Å². The molecule has 0 amide bonds. The molecule has 0 fully saturated rings. The lowest BCUT2D eigenvalue weighted by Gasteiger charge is -2.12. The lowest BCUT2D eigenvalue weighted by molar-refractivity contribution is -0.141. The number of likely N-dealkylation sites (N-methyl/N-ethyl adjacent to an activating group) is 1. The number of methoxy groups -OCH3 is 1. The minimum Gasteiger partial charge on any atom is -0.496 e. The van der Waals surface area contributed by atoms with Crippen molar-refractivity contribution in [3.8, 4) is 17.3 Å². The Morgan fingerprint density at radius 1 is 1.03 bits per heavy atom. The number of benzene rings is 2. The number of hydrogen-bond donors (Lipinski definition) is 2. The second kappa shape index (κ2) is 11.0. The van der Waals surface area contributed by atoms with Gasteiger partial charge in [-0.05, 0) is 36.4 Å². The zero-order valence-electron chi connectivity index (χ0n) is 18.1. The van der Waals surface area contributed by atoms with E-state index in [0.29, 0.717) is 24.4 Å². The molecule has 0 atom stereocenters. The van der Waals surface area contributed by atoms with Crippen molar-refractivity contribution in [2.75, 3.05) is 33.9 Å². The van der Waals surface area contributed by atoms with E-state index in [1.54, 1.807) is 25.3 Å². The average molecular weight is 448 g/mol. The summed E-state index contributed by atoms with van der Waals surface area (Å²) in [6.45, 7) is 2.36. The number of aromatic nitrogens is 2. The predicted octanol–water partition coefficient (Wildman–Crippen LogP) is 3.83. The zero-order valence-corrected chi connectivity index (χ0v) is 18.1. The Morgan fingerprint density at radius 2 is 1.84 bits per heavy atom. The molecule has 1 heterocycles. The Hall–Kier alpha value is -3.04. The molecule has 0 saturated carbocycles. The molecule has 9 heteroatoms. The van der Waals surface area contributed by atoms with Crippen molar-refractivity contribution >= 4 is 0 Å². The van der Waals surface area contributed by atoms with E-state index in [2.05, 4.69) is 15.7 Å². The van der Waals surface area contributed by atoms with Crippen LogP contribution in [0.25, 0.3) is 5.69 Å². The van der Waals surface area contributed by atoms with Gasteiger partial charge in [0.1, 0.15) is 5.75 Å². The first kappa shape index (κ1) is 23.6. The van der Waals surface area contributed by atoms with E-state index in [9.17, 15) is 13.2 Å². The first-order valence-electron chi connectivity index (χ1n) is 10.3. The summed E-state index contributed by atoms with van der Waals surface area (Å²) in [4.78, 5) is 0. The molecule has 3 aromatic rings. The average Bonchev–Trinajstić information content (AvgIpc) is 3.22. The highest BCUT2D eigenvalue weighted by Crippen LogP contribution is 2.32. The van der Waals surface area contributed by atoms with Gasteiger partial charge in [-0.15, -0.1) is 0 Å². The zero-order chi connectivity index (χ0) is 23.0. The Bertz CT molecular complexity index is 1000. The van der Waals surface area contributed by atoms with Crippen LogP contribution in [-0.2, 0) is 19.1 Å². The summed E-state index contributed by atoms with van der Waals surface area (Å²) in [6.07, 6.45) is -4.09. The van der Waals surface area contributed by atoms with Crippen LogP contribution in [0.5, 0.6) is 11.6 Å². The van der Waals surface area contributed by atoms with E-state index >= 15 is 0 Å². The fourth-order valence-electron chi connectivity index (χ4n) is 3.21. The molecule has 6 nitrogen and oxygen atoms in total. The molecule has 2 N–H and O–H groups in total. The largest absolute Gasteiger partial charge is 0.496 e. The minimum atomic E-state index is -4.57. The van der Waals surface area contributed by atoms with Crippen molar-refractivity contribution < 1.29 is 22.6 Å². The van der Waals surface area contributed by atoms with E-state index in [1.165, 1.54) is 4.68 Å². The summed E-state index contributed by atoms with van der Waals surface area (Å²) in [6, 6.07) is 15.6. The van der Waals surface area contributed by atoms with Crippen LogP contribution >= 0.6 is 0 Å².